The van der Waals surface area contributed by atoms with Gasteiger partial charge in [0.05, 0.1) is 12.0 Å². The van der Waals surface area contributed by atoms with Crippen LogP contribution in [-0.4, -0.2) is 35.2 Å². The number of anilines is 2. The molecule has 1 aliphatic rings. The van der Waals surface area contributed by atoms with Gasteiger partial charge in [-0.2, -0.15) is 0 Å². The summed E-state index contributed by atoms with van der Waals surface area (Å²) in [6, 6.07) is 4.47. The van der Waals surface area contributed by atoms with Crippen LogP contribution in [0.4, 0.5) is 20.6 Å². The number of imidazole rings is 1. The molecule has 2 heterocycles. The fraction of sp³-hybridized carbons (Fsp3) is 0.375. The summed E-state index contributed by atoms with van der Waals surface area (Å²) < 4.78 is 16.0. The first kappa shape index (κ1) is 15.3. The highest BCUT2D eigenvalue weighted by atomic mass is 19.1. The van der Waals surface area contributed by atoms with Crippen LogP contribution in [0.3, 0.4) is 0 Å². The van der Waals surface area contributed by atoms with Crippen LogP contribution in [0.1, 0.15) is 12.8 Å². The molecule has 1 fully saturated rings. The second kappa shape index (κ2) is 7.13. The van der Waals surface area contributed by atoms with E-state index in [2.05, 4.69) is 15.6 Å². The molecule has 0 saturated carbocycles. The molecule has 122 valence electrons. The van der Waals surface area contributed by atoms with E-state index in [9.17, 15) is 9.18 Å². The minimum Gasteiger partial charge on any atom is -0.369 e. The summed E-state index contributed by atoms with van der Waals surface area (Å²) >= 11 is 0. The highest BCUT2D eigenvalue weighted by Crippen LogP contribution is 2.25. The summed E-state index contributed by atoms with van der Waals surface area (Å²) in [4.78, 5) is 17.8. The first-order chi connectivity index (χ1) is 11.2. The molecule has 0 radical (unpaired) electrons. The summed E-state index contributed by atoms with van der Waals surface area (Å²) in [5.74, 6) is -0.303. The van der Waals surface area contributed by atoms with Gasteiger partial charge in [-0.25, -0.2) is 14.2 Å². The number of benzene rings is 1. The summed E-state index contributed by atoms with van der Waals surface area (Å²) in [5.41, 5.74) is 1.05. The molecule has 0 bridgehead atoms. The number of carbonyl (C=O) groups is 1. The molecule has 0 unspecified atom stereocenters. The van der Waals surface area contributed by atoms with Crippen molar-refractivity contribution in [2.24, 2.45) is 0 Å². The summed E-state index contributed by atoms with van der Waals surface area (Å²) in [7, 11) is 0. The van der Waals surface area contributed by atoms with E-state index in [4.69, 9.17) is 0 Å². The van der Waals surface area contributed by atoms with Gasteiger partial charge in [-0.15, -0.1) is 0 Å². The van der Waals surface area contributed by atoms with E-state index in [1.54, 1.807) is 24.7 Å². The van der Waals surface area contributed by atoms with Crippen molar-refractivity contribution in [3.8, 4) is 0 Å². The van der Waals surface area contributed by atoms with E-state index in [0.717, 1.165) is 25.9 Å². The fourth-order valence-electron chi connectivity index (χ4n) is 2.69. The first-order valence-corrected chi connectivity index (χ1v) is 7.77. The third-order valence-corrected chi connectivity index (χ3v) is 3.87. The van der Waals surface area contributed by atoms with E-state index in [1.165, 1.54) is 6.07 Å². The topological polar surface area (TPSA) is 62.2 Å². The van der Waals surface area contributed by atoms with Crippen LogP contribution >= 0.6 is 0 Å². The Balaban J connectivity index is 1.50. The van der Waals surface area contributed by atoms with Crippen LogP contribution in [0, 0.1) is 5.82 Å². The second-order valence-electron chi connectivity index (χ2n) is 5.54. The lowest BCUT2D eigenvalue weighted by atomic mass is 10.2. The van der Waals surface area contributed by atoms with Crippen molar-refractivity contribution in [2.75, 3.05) is 29.9 Å². The maximum absolute atomic E-state index is 14.2. The van der Waals surface area contributed by atoms with Gasteiger partial charge in [0.2, 0.25) is 0 Å². The number of amides is 2. The third kappa shape index (κ3) is 4.00. The van der Waals surface area contributed by atoms with Gasteiger partial charge >= 0.3 is 6.03 Å². The number of nitrogens with zero attached hydrogens (tertiary/aromatic N) is 3. The van der Waals surface area contributed by atoms with Crippen molar-refractivity contribution >= 4 is 17.4 Å². The van der Waals surface area contributed by atoms with Crippen molar-refractivity contribution in [2.45, 2.75) is 19.4 Å². The van der Waals surface area contributed by atoms with Gasteiger partial charge in [0.15, 0.2) is 0 Å². The monoisotopic (exact) mass is 317 g/mol. The molecule has 1 saturated heterocycles. The van der Waals surface area contributed by atoms with Crippen molar-refractivity contribution in [1.29, 1.82) is 0 Å². The largest absolute Gasteiger partial charge is 0.369 e. The van der Waals surface area contributed by atoms with Crippen LogP contribution in [0.2, 0.25) is 0 Å². The van der Waals surface area contributed by atoms with E-state index in [0.29, 0.717) is 24.5 Å². The van der Waals surface area contributed by atoms with E-state index >= 15 is 0 Å². The van der Waals surface area contributed by atoms with Gasteiger partial charge < -0.3 is 20.1 Å². The van der Waals surface area contributed by atoms with Gasteiger partial charge in [-0.3, -0.25) is 0 Å². The number of hydrogen-bond acceptors (Lipinski definition) is 3. The van der Waals surface area contributed by atoms with E-state index < -0.39 is 0 Å². The third-order valence-electron chi connectivity index (χ3n) is 3.87. The van der Waals surface area contributed by atoms with E-state index in [1.807, 2.05) is 15.7 Å². The van der Waals surface area contributed by atoms with Crippen molar-refractivity contribution in [3.63, 3.8) is 0 Å². The molecule has 0 aliphatic carbocycles. The lowest BCUT2D eigenvalue weighted by molar-refractivity contribution is 0.251. The molecule has 2 aromatic rings. The lowest BCUT2D eigenvalue weighted by Gasteiger charge is -2.19. The van der Waals surface area contributed by atoms with Gasteiger partial charge in [-0.1, -0.05) is 0 Å². The number of nitrogens with one attached hydrogen (secondary N) is 2. The van der Waals surface area contributed by atoms with E-state index in [-0.39, 0.29) is 11.8 Å². The molecule has 1 aromatic heterocycles. The van der Waals surface area contributed by atoms with Crippen molar-refractivity contribution < 1.29 is 9.18 Å². The number of aromatic nitrogens is 2. The van der Waals surface area contributed by atoms with Crippen molar-refractivity contribution in [1.82, 2.24) is 14.9 Å². The molecular formula is C16H20FN5O. The first-order valence-electron chi connectivity index (χ1n) is 7.77. The lowest BCUT2D eigenvalue weighted by Crippen LogP contribution is -2.31. The molecule has 23 heavy (non-hydrogen) atoms. The Bertz CT molecular complexity index is 652. The highest BCUT2D eigenvalue weighted by Gasteiger charge is 2.16. The molecule has 6 nitrogen and oxygen atoms in total. The SMILES string of the molecule is O=C(NCCn1ccnc1)Nc1ccc(N2CCCC2)c(F)c1. The summed E-state index contributed by atoms with van der Waals surface area (Å²) in [6.45, 7) is 2.88. The molecule has 2 amide bonds. The minimum atomic E-state index is -0.349. The Morgan fingerprint density at radius 1 is 1.30 bits per heavy atom. The average Bonchev–Trinajstić information content (AvgIpc) is 3.20. The minimum absolute atomic E-state index is 0.303. The normalized spacial score (nSPS) is 14.0. The number of rotatable bonds is 5. The van der Waals surface area contributed by atoms with Crippen LogP contribution in [0.15, 0.2) is 36.9 Å². The van der Waals surface area contributed by atoms with Crippen LogP contribution < -0.4 is 15.5 Å². The molecular weight excluding hydrogens is 297 g/mol. The molecule has 0 spiro atoms. The molecule has 3 rings (SSSR count). The van der Waals surface area contributed by atoms with Crippen LogP contribution in [-0.2, 0) is 6.54 Å². The maximum Gasteiger partial charge on any atom is 0.319 e. The van der Waals surface area contributed by atoms with Crippen molar-refractivity contribution in [3.05, 3.63) is 42.7 Å². The Labute approximate surface area is 134 Å². The van der Waals surface area contributed by atoms with Gasteiger partial charge in [-0.05, 0) is 31.0 Å². The highest BCUT2D eigenvalue weighted by molar-refractivity contribution is 5.89. The molecule has 1 aromatic carbocycles. The van der Waals surface area contributed by atoms with Gasteiger partial charge in [0, 0.05) is 44.3 Å². The summed E-state index contributed by atoms with van der Waals surface area (Å²) in [5, 5.41) is 5.37. The number of hydrogen-bond donors (Lipinski definition) is 2. The Morgan fingerprint density at radius 2 is 2.13 bits per heavy atom. The van der Waals surface area contributed by atoms with Gasteiger partial charge in [0.25, 0.3) is 0 Å². The number of urea groups is 1. The zero-order valence-electron chi connectivity index (χ0n) is 12.8. The smallest absolute Gasteiger partial charge is 0.319 e. The number of halogens is 1. The molecule has 0 atom stereocenters. The Morgan fingerprint density at radius 3 is 2.83 bits per heavy atom. The van der Waals surface area contributed by atoms with Crippen LogP contribution in [0.5, 0.6) is 0 Å². The van der Waals surface area contributed by atoms with Gasteiger partial charge in [0.1, 0.15) is 5.82 Å². The zero-order valence-corrected chi connectivity index (χ0v) is 12.8. The van der Waals surface area contributed by atoms with Crippen LogP contribution in [0.25, 0.3) is 0 Å². The second-order valence-corrected chi connectivity index (χ2v) is 5.54. The predicted molar refractivity (Wildman–Crippen MR) is 87.1 cm³/mol. The maximum atomic E-state index is 14.2. The molecule has 2 N–H and O–H groups in total. The quantitative estimate of drug-likeness (QED) is 0.890. The Hall–Kier alpha value is -2.57. The molecule has 1 aliphatic heterocycles. The Kier molecular flexibility index (Phi) is 4.75. The number of carbonyl (C=O) groups excluding carboxylic acids is 1. The predicted octanol–water partition coefficient (Wildman–Crippen LogP) is 2.44. The summed E-state index contributed by atoms with van der Waals surface area (Å²) in [6.07, 6.45) is 7.39. The average molecular weight is 317 g/mol. The fourth-order valence-corrected chi connectivity index (χ4v) is 2.69. The molecule has 7 heteroatoms. The zero-order chi connectivity index (χ0) is 16.1. The standard InChI is InChI=1S/C16H20FN5O/c17-14-11-13(3-4-15(14)22-7-1-2-8-22)20-16(23)19-6-10-21-9-5-18-12-21/h3-5,9,11-12H,1-2,6-8,10H2,(H2,19,20,23).